The van der Waals surface area contributed by atoms with Crippen LogP contribution in [-0.2, 0) is 0 Å². The molecule has 1 aromatic heterocycles. The Morgan fingerprint density at radius 2 is 2.38 bits per heavy atom. The van der Waals surface area contributed by atoms with Gasteiger partial charge in [-0.3, -0.25) is 9.78 Å². The zero-order chi connectivity index (χ0) is 11.5. The summed E-state index contributed by atoms with van der Waals surface area (Å²) in [5, 5.41) is 3.32. The van der Waals surface area contributed by atoms with Crippen molar-refractivity contribution < 1.29 is 4.79 Å². The molecule has 0 radical (unpaired) electrons. The summed E-state index contributed by atoms with van der Waals surface area (Å²) in [7, 11) is 0. The first-order chi connectivity index (χ1) is 7.66. The lowest BCUT2D eigenvalue weighted by molar-refractivity contribution is 0.0708. The predicted molar refractivity (Wildman–Crippen MR) is 62.3 cm³/mol. The van der Waals surface area contributed by atoms with E-state index in [-0.39, 0.29) is 5.91 Å². The second kappa shape index (κ2) is 4.61. The Balaban J connectivity index is 2.09. The zero-order valence-corrected chi connectivity index (χ0v) is 9.73. The van der Waals surface area contributed by atoms with Gasteiger partial charge >= 0.3 is 0 Å². The molecule has 4 nitrogen and oxygen atoms in total. The van der Waals surface area contributed by atoms with E-state index in [1.54, 1.807) is 6.20 Å². The number of hydrogen-bond donors (Lipinski definition) is 1. The maximum absolute atomic E-state index is 12.1. The van der Waals surface area contributed by atoms with Crippen molar-refractivity contribution in [3.05, 3.63) is 29.6 Å². The third kappa shape index (κ3) is 2.39. The average molecular weight is 219 g/mol. The molecule has 1 aliphatic heterocycles. The molecule has 1 N–H and O–H groups in total. The molecule has 2 heterocycles. The van der Waals surface area contributed by atoms with E-state index in [4.69, 9.17) is 0 Å². The molecular weight excluding hydrogens is 202 g/mol. The number of amides is 1. The second-order valence-electron chi connectivity index (χ2n) is 4.29. The fraction of sp³-hybridized carbons (Fsp3) is 0.500. The number of pyridine rings is 1. The topological polar surface area (TPSA) is 45.2 Å². The van der Waals surface area contributed by atoms with Crippen LogP contribution >= 0.6 is 0 Å². The lowest BCUT2D eigenvalue weighted by Gasteiger charge is -2.31. The van der Waals surface area contributed by atoms with Gasteiger partial charge in [-0.25, -0.2) is 0 Å². The Morgan fingerprint density at radius 3 is 3.00 bits per heavy atom. The van der Waals surface area contributed by atoms with E-state index in [0.29, 0.717) is 11.6 Å². The SMILES string of the molecule is Cc1ccc(C(=O)N2CCN[C@@H](C)C2)cn1. The van der Waals surface area contributed by atoms with Gasteiger partial charge in [0.25, 0.3) is 5.91 Å². The van der Waals surface area contributed by atoms with E-state index in [2.05, 4.69) is 17.2 Å². The quantitative estimate of drug-likeness (QED) is 0.760. The Morgan fingerprint density at radius 1 is 1.56 bits per heavy atom. The first kappa shape index (κ1) is 11.1. The summed E-state index contributed by atoms with van der Waals surface area (Å²) in [5.74, 6) is 0.0841. The number of nitrogens with zero attached hydrogens (tertiary/aromatic N) is 2. The van der Waals surface area contributed by atoms with E-state index < -0.39 is 0 Å². The van der Waals surface area contributed by atoms with Gasteiger partial charge < -0.3 is 10.2 Å². The molecule has 1 aliphatic rings. The van der Waals surface area contributed by atoms with E-state index in [0.717, 1.165) is 25.3 Å². The van der Waals surface area contributed by atoms with Gasteiger partial charge in [-0.2, -0.15) is 0 Å². The molecule has 1 amide bonds. The lowest BCUT2D eigenvalue weighted by atomic mass is 10.2. The van der Waals surface area contributed by atoms with Crippen LogP contribution in [0.1, 0.15) is 23.0 Å². The number of rotatable bonds is 1. The van der Waals surface area contributed by atoms with Crippen LogP contribution < -0.4 is 5.32 Å². The van der Waals surface area contributed by atoms with Gasteiger partial charge in [0.2, 0.25) is 0 Å². The summed E-state index contributed by atoms with van der Waals surface area (Å²) >= 11 is 0. The van der Waals surface area contributed by atoms with E-state index in [9.17, 15) is 4.79 Å². The number of carbonyl (C=O) groups is 1. The number of aryl methyl sites for hydroxylation is 1. The first-order valence-electron chi connectivity index (χ1n) is 5.62. The fourth-order valence-electron chi connectivity index (χ4n) is 1.89. The Kier molecular flexibility index (Phi) is 3.19. The maximum Gasteiger partial charge on any atom is 0.255 e. The number of carbonyl (C=O) groups excluding carboxylic acids is 1. The van der Waals surface area contributed by atoms with Crippen molar-refractivity contribution in [2.24, 2.45) is 0 Å². The standard InChI is InChI=1S/C12H17N3O/c1-9-3-4-11(7-14-9)12(16)15-6-5-13-10(2)8-15/h3-4,7,10,13H,5-6,8H2,1-2H3/t10-/m0/s1. The summed E-state index contributed by atoms with van der Waals surface area (Å²) in [5.41, 5.74) is 1.62. The monoisotopic (exact) mass is 219 g/mol. The Labute approximate surface area is 95.7 Å². The highest BCUT2D eigenvalue weighted by Gasteiger charge is 2.21. The van der Waals surface area contributed by atoms with Crippen LogP contribution in [0.2, 0.25) is 0 Å². The highest BCUT2D eigenvalue weighted by molar-refractivity contribution is 5.94. The summed E-state index contributed by atoms with van der Waals surface area (Å²) in [6, 6.07) is 4.09. The molecule has 0 aliphatic carbocycles. The third-order valence-electron chi connectivity index (χ3n) is 2.81. The molecule has 0 bridgehead atoms. The van der Waals surface area contributed by atoms with Crippen LogP contribution in [-0.4, -0.2) is 41.5 Å². The molecule has 0 spiro atoms. The molecule has 0 saturated carbocycles. The van der Waals surface area contributed by atoms with Crippen LogP contribution in [0, 0.1) is 6.92 Å². The van der Waals surface area contributed by atoms with Crippen LogP contribution in [0.3, 0.4) is 0 Å². The largest absolute Gasteiger partial charge is 0.336 e. The van der Waals surface area contributed by atoms with Gasteiger partial charge in [0.15, 0.2) is 0 Å². The average Bonchev–Trinajstić information content (AvgIpc) is 2.29. The summed E-state index contributed by atoms with van der Waals surface area (Å²) in [4.78, 5) is 18.1. The van der Waals surface area contributed by atoms with Crippen LogP contribution in [0.5, 0.6) is 0 Å². The van der Waals surface area contributed by atoms with Gasteiger partial charge in [-0.05, 0) is 26.0 Å². The highest BCUT2D eigenvalue weighted by Crippen LogP contribution is 2.07. The molecule has 1 saturated heterocycles. The summed E-state index contributed by atoms with van der Waals surface area (Å²) in [6.07, 6.45) is 1.66. The summed E-state index contributed by atoms with van der Waals surface area (Å²) in [6.45, 7) is 6.42. The zero-order valence-electron chi connectivity index (χ0n) is 9.73. The van der Waals surface area contributed by atoms with Crippen molar-refractivity contribution in [3.8, 4) is 0 Å². The maximum atomic E-state index is 12.1. The second-order valence-corrected chi connectivity index (χ2v) is 4.29. The minimum atomic E-state index is 0.0841. The van der Waals surface area contributed by atoms with Gasteiger partial charge in [0, 0.05) is 37.6 Å². The molecule has 1 aromatic rings. The molecule has 0 aromatic carbocycles. The lowest BCUT2D eigenvalue weighted by Crippen LogP contribution is -2.51. The minimum Gasteiger partial charge on any atom is -0.336 e. The van der Waals surface area contributed by atoms with E-state index >= 15 is 0 Å². The molecule has 16 heavy (non-hydrogen) atoms. The summed E-state index contributed by atoms with van der Waals surface area (Å²) < 4.78 is 0. The van der Waals surface area contributed by atoms with Crippen molar-refractivity contribution in [1.82, 2.24) is 15.2 Å². The predicted octanol–water partition coefficient (Wildman–Crippen LogP) is 0.824. The first-order valence-corrected chi connectivity index (χ1v) is 5.62. The van der Waals surface area contributed by atoms with Gasteiger partial charge in [-0.1, -0.05) is 0 Å². The fourth-order valence-corrected chi connectivity index (χ4v) is 1.89. The molecule has 0 unspecified atom stereocenters. The van der Waals surface area contributed by atoms with Gasteiger partial charge in [0.05, 0.1) is 5.56 Å². The van der Waals surface area contributed by atoms with E-state index in [1.165, 1.54) is 0 Å². The smallest absolute Gasteiger partial charge is 0.255 e. The molecule has 4 heteroatoms. The number of piperazine rings is 1. The molecule has 86 valence electrons. The van der Waals surface area contributed by atoms with Crippen LogP contribution in [0.4, 0.5) is 0 Å². The minimum absolute atomic E-state index is 0.0841. The molecular formula is C12H17N3O. The van der Waals surface area contributed by atoms with Crippen molar-refractivity contribution in [2.45, 2.75) is 19.9 Å². The van der Waals surface area contributed by atoms with Gasteiger partial charge in [0.1, 0.15) is 0 Å². The van der Waals surface area contributed by atoms with Crippen LogP contribution in [0.25, 0.3) is 0 Å². The number of nitrogens with one attached hydrogen (secondary N) is 1. The van der Waals surface area contributed by atoms with Crippen molar-refractivity contribution in [1.29, 1.82) is 0 Å². The number of aromatic nitrogens is 1. The highest BCUT2D eigenvalue weighted by atomic mass is 16.2. The van der Waals surface area contributed by atoms with E-state index in [1.807, 2.05) is 24.0 Å². The third-order valence-corrected chi connectivity index (χ3v) is 2.81. The molecule has 1 fully saturated rings. The van der Waals surface area contributed by atoms with Gasteiger partial charge in [-0.15, -0.1) is 0 Å². The normalized spacial score (nSPS) is 20.9. The molecule has 2 rings (SSSR count). The van der Waals surface area contributed by atoms with Crippen molar-refractivity contribution >= 4 is 5.91 Å². The van der Waals surface area contributed by atoms with Crippen LogP contribution in [0.15, 0.2) is 18.3 Å². The molecule has 1 atom stereocenters. The van der Waals surface area contributed by atoms with Crippen molar-refractivity contribution in [3.63, 3.8) is 0 Å². The number of hydrogen-bond acceptors (Lipinski definition) is 3. The van der Waals surface area contributed by atoms with Crippen molar-refractivity contribution in [2.75, 3.05) is 19.6 Å². The Bertz CT molecular complexity index is 374. The Hall–Kier alpha value is -1.42.